The van der Waals surface area contributed by atoms with E-state index in [1.807, 2.05) is 64.2 Å². The van der Waals surface area contributed by atoms with Crippen molar-refractivity contribution in [3.05, 3.63) is 83.2 Å². The van der Waals surface area contributed by atoms with E-state index >= 15 is 0 Å². The number of aryl methyl sites for hydroxylation is 1. The molecule has 176 valence electrons. The van der Waals surface area contributed by atoms with Gasteiger partial charge >= 0.3 is 5.97 Å². The number of hydrogen-bond acceptors (Lipinski definition) is 4. The minimum absolute atomic E-state index is 0.0106. The smallest absolute Gasteiger partial charge is 0.303 e. The highest BCUT2D eigenvalue weighted by molar-refractivity contribution is 6.26. The number of methoxy groups -OCH3 is 1. The molecule has 2 aliphatic rings. The molecule has 1 amide bonds. The summed E-state index contributed by atoms with van der Waals surface area (Å²) in [5, 5.41) is 15.8. The van der Waals surface area contributed by atoms with Crippen LogP contribution in [0.3, 0.4) is 0 Å². The highest BCUT2D eigenvalue weighted by Crippen LogP contribution is 2.45. The summed E-state index contributed by atoms with van der Waals surface area (Å²) in [4.78, 5) is 26.4. The largest absolute Gasteiger partial charge is 0.497 e. The lowest BCUT2D eigenvalue weighted by molar-refractivity contribution is -0.136. The Balaban J connectivity index is 1.42. The molecule has 1 saturated carbocycles. The van der Waals surface area contributed by atoms with Crippen LogP contribution in [-0.2, 0) is 17.8 Å². The van der Waals surface area contributed by atoms with Gasteiger partial charge in [0.15, 0.2) is 0 Å². The van der Waals surface area contributed by atoms with Crippen LogP contribution in [0.2, 0.25) is 0 Å². The third kappa shape index (κ3) is 3.64. The van der Waals surface area contributed by atoms with Gasteiger partial charge in [0.25, 0.3) is 5.91 Å². The topological polar surface area (TPSA) is 84.7 Å². The third-order valence-corrected chi connectivity index (χ3v) is 6.95. The normalized spacial score (nSPS) is 14.7. The molecule has 0 saturated heterocycles. The van der Waals surface area contributed by atoms with Crippen LogP contribution < -0.4 is 9.64 Å². The molecule has 0 atom stereocenters. The van der Waals surface area contributed by atoms with Gasteiger partial charge in [-0.25, -0.2) is 4.68 Å². The number of amides is 1. The van der Waals surface area contributed by atoms with Crippen molar-refractivity contribution in [3.63, 3.8) is 0 Å². The second kappa shape index (κ2) is 8.27. The standard InChI is InChI=1S/C28H25N3O4/c1-35-20-10-5-17(6-11-20)16-30-24-13-12-23(21-3-2-4-22(26(21)24)28(30)34)31-27(18-7-8-18)19(15-29-31)9-14-25(32)33/h2-6,10-13,15,18H,7-9,14,16H2,1H3,(H,32,33). The number of nitrogens with zero attached hydrogens (tertiary/aromatic N) is 3. The van der Waals surface area contributed by atoms with Gasteiger partial charge in [0, 0.05) is 28.7 Å². The summed E-state index contributed by atoms with van der Waals surface area (Å²) in [6.07, 6.45) is 4.53. The molecule has 0 bridgehead atoms. The van der Waals surface area contributed by atoms with Gasteiger partial charge in [-0.15, -0.1) is 0 Å². The first-order valence-electron chi connectivity index (χ1n) is 11.8. The first kappa shape index (κ1) is 21.4. The maximum atomic E-state index is 13.4. The van der Waals surface area contributed by atoms with Gasteiger partial charge in [0.05, 0.1) is 36.9 Å². The van der Waals surface area contributed by atoms with E-state index in [1.165, 1.54) is 0 Å². The van der Waals surface area contributed by atoms with Crippen LogP contribution in [0, 0.1) is 0 Å². The molecule has 1 aliphatic carbocycles. The number of carboxylic acids is 1. The molecule has 0 unspecified atom stereocenters. The Morgan fingerprint density at radius 2 is 1.86 bits per heavy atom. The van der Waals surface area contributed by atoms with E-state index in [0.29, 0.717) is 24.4 Å². The van der Waals surface area contributed by atoms with Crippen LogP contribution in [0.15, 0.2) is 60.8 Å². The summed E-state index contributed by atoms with van der Waals surface area (Å²) >= 11 is 0. The molecule has 35 heavy (non-hydrogen) atoms. The molecule has 4 aromatic rings. The van der Waals surface area contributed by atoms with Gasteiger partial charge < -0.3 is 14.7 Å². The summed E-state index contributed by atoms with van der Waals surface area (Å²) in [6, 6.07) is 17.6. The van der Waals surface area contributed by atoms with E-state index in [-0.39, 0.29) is 12.3 Å². The van der Waals surface area contributed by atoms with E-state index in [0.717, 1.165) is 57.6 Å². The summed E-state index contributed by atoms with van der Waals surface area (Å²) in [5.74, 6) is 0.367. The Morgan fingerprint density at radius 3 is 2.57 bits per heavy atom. The molecule has 1 aliphatic heterocycles. The molecule has 1 N–H and O–H groups in total. The third-order valence-electron chi connectivity index (χ3n) is 6.95. The van der Waals surface area contributed by atoms with E-state index in [2.05, 4.69) is 0 Å². The zero-order valence-corrected chi connectivity index (χ0v) is 19.4. The van der Waals surface area contributed by atoms with Crippen LogP contribution in [0.1, 0.15) is 52.4 Å². The van der Waals surface area contributed by atoms with Gasteiger partial charge in [-0.3, -0.25) is 9.59 Å². The Kier molecular flexibility index (Phi) is 5.06. The Morgan fingerprint density at radius 1 is 1.09 bits per heavy atom. The summed E-state index contributed by atoms with van der Waals surface area (Å²) in [5.41, 5.74) is 5.63. The van der Waals surface area contributed by atoms with Gasteiger partial charge in [0.1, 0.15) is 5.75 Å². The molecule has 6 rings (SSSR count). The van der Waals surface area contributed by atoms with Crippen molar-refractivity contribution in [2.24, 2.45) is 0 Å². The van der Waals surface area contributed by atoms with Gasteiger partial charge in [0.2, 0.25) is 0 Å². The number of aliphatic carboxylic acids is 1. The number of carbonyl (C=O) groups is 2. The summed E-state index contributed by atoms with van der Waals surface area (Å²) in [7, 11) is 1.64. The average molecular weight is 468 g/mol. The number of anilines is 1. The van der Waals surface area contributed by atoms with Gasteiger partial charge in [-0.05, 0) is 60.7 Å². The van der Waals surface area contributed by atoms with Crippen molar-refractivity contribution >= 4 is 28.3 Å². The summed E-state index contributed by atoms with van der Waals surface area (Å²) in [6.45, 7) is 0.473. The molecule has 7 nitrogen and oxygen atoms in total. The fraction of sp³-hybridized carbons (Fsp3) is 0.250. The predicted octanol–water partition coefficient (Wildman–Crippen LogP) is 5.09. The Labute approximate surface area is 202 Å². The fourth-order valence-corrected chi connectivity index (χ4v) is 5.10. The van der Waals surface area contributed by atoms with E-state index in [1.54, 1.807) is 13.3 Å². The zero-order valence-electron chi connectivity index (χ0n) is 19.4. The first-order chi connectivity index (χ1) is 17.0. The SMILES string of the molecule is COc1ccc(CN2C(=O)c3cccc4c(-n5ncc(CCC(=O)O)c5C5CC5)ccc2c34)cc1. The lowest BCUT2D eigenvalue weighted by Crippen LogP contribution is -2.26. The van der Waals surface area contributed by atoms with Gasteiger partial charge in [-0.1, -0.05) is 24.3 Å². The molecule has 1 fully saturated rings. The maximum absolute atomic E-state index is 13.4. The van der Waals surface area contributed by atoms with Crippen molar-refractivity contribution in [1.82, 2.24) is 9.78 Å². The maximum Gasteiger partial charge on any atom is 0.303 e. The number of hydrogen-bond donors (Lipinski definition) is 1. The van der Waals surface area contributed by atoms with Gasteiger partial charge in [-0.2, -0.15) is 5.10 Å². The lowest BCUT2D eigenvalue weighted by atomic mass is 10.0. The van der Waals surface area contributed by atoms with Crippen molar-refractivity contribution in [2.45, 2.75) is 38.1 Å². The monoisotopic (exact) mass is 467 g/mol. The molecular weight excluding hydrogens is 442 g/mol. The molecule has 7 heteroatoms. The molecule has 2 heterocycles. The molecular formula is C28H25N3O4. The fourth-order valence-electron chi connectivity index (χ4n) is 5.10. The van der Waals surface area contributed by atoms with Crippen molar-refractivity contribution < 1.29 is 19.4 Å². The van der Waals surface area contributed by atoms with Crippen LogP contribution in [0.25, 0.3) is 16.5 Å². The van der Waals surface area contributed by atoms with Crippen molar-refractivity contribution in [3.8, 4) is 11.4 Å². The first-order valence-corrected chi connectivity index (χ1v) is 11.8. The number of ether oxygens (including phenoxy) is 1. The van der Waals surface area contributed by atoms with Crippen LogP contribution in [0.5, 0.6) is 5.75 Å². The zero-order chi connectivity index (χ0) is 24.1. The number of carbonyl (C=O) groups excluding carboxylic acids is 1. The highest BCUT2D eigenvalue weighted by atomic mass is 16.5. The average Bonchev–Trinajstić information content (AvgIpc) is 3.57. The number of aromatic nitrogens is 2. The van der Waals surface area contributed by atoms with E-state index in [9.17, 15) is 9.59 Å². The number of benzene rings is 3. The van der Waals surface area contributed by atoms with Crippen molar-refractivity contribution in [1.29, 1.82) is 0 Å². The predicted molar refractivity (Wildman–Crippen MR) is 133 cm³/mol. The minimum Gasteiger partial charge on any atom is -0.497 e. The molecule has 0 radical (unpaired) electrons. The quantitative estimate of drug-likeness (QED) is 0.390. The highest BCUT2D eigenvalue weighted by Gasteiger charge is 2.34. The minimum atomic E-state index is -0.805. The lowest BCUT2D eigenvalue weighted by Gasteiger charge is -2.19. The second-order valence-electron chi connectivity index (χ2n) is 9.21. The van der Waals surface area contributed by atoms with E-state index in [4.69, 9.17) is 14.9 Å². The van der Waals surface area contributed by atoms with Crippen LogP contribution in [-0.4, -0.2) is 33.9 Å². The number of rotatable bonds is 8. The number of carboxylic acid groups (broad SMARTS) is 1. The Bertz CT molecular complexity index is 1470. The summed E-state index contributed by atoms with van der Waals surface area (Å²) < 4.78 is 7.22. The Hall–Kier alpha value is -4.13. The van der Waals surface area contributed by atoms with Crippen LogP contribution in [0.4, 0.5) is 5.69 Å². The second-order valence-corrected chi connectivity index (χ2v) is 9.21. The molecule has 3 aromatic carbocycles. The van der Waals surface area contributed by atoms with Crippen LogP contribution >= 0.6 is 0 Å². The van der Waals surface area contributed by atoms with E-state index < -0.39 is 5.97 Å². The molecule has 0 spiro atoms. The van der Waals surface area contributed by atoms with Crippen molar-refractivity contribution in [2.75, 3.05) is 12.0 Å². The molecule has 1 aromatic heterocycles.